The third-order valence-electron chi connectivity index (χ3n) is 5.54. The molecule has 32 heavy (non-hydrogen) atoms. The second kappa shape index (κ2) is 8.22. The molecule has 5 rings (SSSR count). The van der Waals surface area contributed by atoms with Crippen LogP contribution in [0.5, 0.6) is 0 Å². The summed E-state index contributed by atoms with van der Waals surface area (Å²) in [6.07, 6.45) is 4.97. The average molecular weight is 426 g/mol. The number of hydrogen-bond donors (Lipinski definition) is 0. The number of benzene rings is 2. The first-order chi connectivity index (χ1) is 15.7. The van der Waals surface area contributed by atoms with E-state index < -0.39 is 0 Å². The Bertz CT molecular complexity index is 1430. The maximum atomic E-state index is 13.0. The third-order valence-corrected chi connectivity index (χ3v) is 5.54. The van der Waals surface area contributed by atoms with Crippen molar-refractivity contribution in [3.63, 3.8) is 0 Å². The van der Waals surface area contributed by atoms with Crippen LogP contribution in [0, 0.1) is 0 Å². The lowest BCUT2D eigenvalue weighted by molar-refractivity contribution is 0.369. The predicted octanol–water partition coefficient (Wildman–Crippen LogP) is 3.81. The van der Waals surface area contributed by atoms with Gasteiger partial charge in [0.25, 0.3) is 5.56 Å². The maximum Gasteiger partial charge on any atom is 0.264 e. The summed E-state index contributed by atoms with van der Waals surface area (Å²) in [4.78, 5) is 21.9. The second-order valence-corrected chi connectivity index (χ2v) is 7.55. The Hall–Kier alpha value is -4.07. The Kier molecular flexibility index (Phi) is 5.10. The summed E-state index contributed by atoms with van der Waals surface area (Å²) >= 11 is 0. The van der Waals surface area contributed by atoms with E-state index >= 15 is 0 Å². The summed E-state index contributed by atoms with van der Waals surface area (Å²) in [7, 11) is 0. The molecule has 0 spiro atoms. The summed E-state index contributed by atoms with van der Waals surface area (Å²) in [5, 5.41) is 8.86. The van der Waals surface area contributed by atoms with Crippen LogP contribution in [0.25, 0.3) is 28.1 Å². The predicted molar refractivity (Wildman–Crippen MR) is 121 cm³/mol. The average Bonchev–Trinajstić information content (AvgIpc) is 3.49. The molecule has 5 aromatic rings. The Morgan fingerprint density at radius 1 is 0.938 bits per heavy atom. The number of rotatable bonds is 6. The van der Waals surface area contributed by atoms with Crippen LogP contribution in [0.4, 0.5) is 0 Å². The molecule has 0 radical (unpaired) electrons. The van der Waals surface area contributed by atoms with Crippen LogP contribution in [-0.2, 0) is 19.4 Å². The highest BCUT2D eigenvalue weighted by atomic mass is 16.5. The van der Waals surface area contributed by atoms with Gasteiger partial charge in [-0.3, -0.25) is 9.36 Å². The fourth-order valence-corrected chi connectivity index (χ4v) is 3.59. The normalized spacial score (nSPS) is 11.3. The van der Waals surface area contributed by atoms with E-state index in [1.807, 2.05) is 48.5 Å². The molecule has 0 amide bonds. The van der Waals surface area contributed by atoms with Gasteiger partial charge in [0.05, 0.1) is 11.9 Å². The molecule has 0 saturated heterocycles. The van der Waals surface area contributed by atoms with Crippen molar-refractivity contribution < 1.29 is 4.52 Å². The lowest BCUT2D eigenvalue weighted by atomic mass is 10.1. The van der Waals surface area contributed by atoms with Crippen molar-refractivity contribution >= 4 is 11.0 Å². The number of aromatic nitrogens is 6. The van der Waals surface area contributed by atoms with Gasteiger partial charge in [-0.05, 0) is 36.1 Å². The zero-order valence-corrected chi connectivity index (χ0v) is 17.9. The minimum Gasteiger partial charge on any atom is -0.337 e. The van der Waals surface area contributed by atoms with Gasteiger partial charge in [0, 0.05) is 5.56 Å². The molecule has 0 saturated carbocycles. The van der Waals surface area contributed by atoms with Crippen LogP contribution >= 0.6 is 0 Å². The van der Waals surface area contributed by atoms with E-state index in [9.17, 15) is 4.79 Å². The van der Waals surface area contributed by atoms with Crippen LogP contribution in [0.3, 0.4) is 0 Å². The van der Waals surface area contributed by atoms with E-state index in [0.717, 1.165) is 24.1 Å². The quantitative estimate of drug-likeness (QED) is 0.410. The first kappa shape index (κ1) is 19.9. The molecule has 0 fully saturated rings. The Morgan fingerprint density at radius 2 is 1.62 bits per heavy atom. The summed E-state index contributed by atoms with van der Waals surface area (Å²) in [5.74, 6) is 0.832. The van der Waals surface area contributed by atoms with Crippen LogP contribution < -0.4 is 5.56 Å². The third kappa shape index (κ3) is 3.60. The first-order valence-electron chi connectivity index (χ1n) is 10.6. The number of aryl methyl sites for hydroxylation is 2. The number of nitrogens with zero attached hydrogens (tertiary/aromatic N) is 6. The van der Waals surface area contributed by atoms with E-state index in [1.165, 1.54) is 22.0 Å². The van der Waals surface area contributed by atoms with Crippen LogP contribution in [0.15, 0.2) is 70.4 Å². The zero-order chi connectivity index (χ0) is 22.1. The number of fused-ring (bicyclic) bond motifs is 1. The Morgan fingerprint density at radius 3 is 2.31 bits per heavy atom. The van der Waals surface area contributed by atoms with Gasteiger partial charge in [-0.1, -0.05) is 55.4 Å². The molecule has 0 N–H and O–H groups in total. The fraction of sp³-hybridized carbons (Fsp3) is 0.208. The van der Waals surface area contributed by atoms with Gasteiger partial charge in [-0.25, -0.2) is 9.67 Å². The van der Waals surface area contributed by atoms with E-state index in [0.29, 0.717) is 22.7 Å². The standard InChI is InChI=1S/C24H22N6O2/c1-3-16-5-9-18(10-6-16)22-27-21(32-28-22)14-29-15-25-23-20(24(29)31)13-26-30(23)19-11-7-17(4-2)8-12-19/h5-13,15H,3-4,14H2,1-2H3. The molecule has 0 aliphatic heterocycles. The van der Waals surface area contributed by atoms with Crippen LogP contribution in [0.2, 0.25) is 0 Å². The highest BCUT2D eigenvalue weighted by molar-refractivity contribution is 5.74. The van der Waals surface area contributed by atoms with Crippen molar-refractivity contribution in [1.82, 2.24) is 29.5 Å². The van der Waals surface area contributed by atoms with E-state index in [-0.39, 0.29) is 12.1 Å². The van der Waals surface area contributed by atoms with Gasteiger partial charge in [0.15, 0.2) is 5.65 Å². The highest BCUT2D eigenvalue weighted by Gasteiger charge is 2.14. The van der Waals surface area contributed by atoms with E-state index in [1.54, 1.807) is 10.9 Å². The van der Waals surface area contributed by atoms with Crippen molar-refractivity contribution in [3.05, 3.63) is 88.4 Å². The molecule has 0 aliphatic rings. The van der Waals surface area contributed by atoms with Gasteiger partial charge in [0.2, 0.25) is 11.7 Å². The van der Waals surface area contributed by atoms with Crippen molar-refractivity contribution in [1.29, 1.82) is 0 Å². The molecule has 8 nitrogen and oxygen atoms in total. The minimum absolute atomic E-state index is 0.137. The molecule has 0 unspecified atom stereocenters. The Labute approximate surface area is 184 Å². The second-order valence-electron chi connectivity index (χ2n) is 7.55. The molecular weight excluding hydrogens is 404 g/mol. The summed E-state index contributed by atoms with van der Waals surface area (Å²) < 4.78 is 8.50. The van der Waals surface area contributed by atoms with E-state index in [4.69, 9.17) is 4.52 Å². The van der Waals surface area contributed by atoms with Crippen molar-refractivity contribution in [2.75, 3.05) is 0 Å². The summed E-state index contributed by atoms with van der Waals surface area (Å²) in [6.45, 7) is 4.35. The van der Waals surface area contributed by atoms with Crippen LogP contribution in [0.1, 0.15) is 30.9 Å². The molecular formula is C24H22N6O2. The van der Waals surface area contributed by atoms with Gasteiger partial charge in [-0.2, -0.15) is 10.1 Å². The number of hydrogen-bond acceptors (Lipinski definition) is 6. The van der Waals surface area contributed by atoms with Gasteiger partial charge < -0.3 is 4.52 Å². The van der Waals surface area contributed by atoms with Crippen molar-refractivity contribution in [2.45, 2.75) is 33.2 Å². The van der Waals surface area contributed by atoms with Crippen LogP contribution in [-0.4, -0.2) is 29.5 Å². The van der Waals surface area contributed by atoms with Gasteiger partial charge >= 0.3 is 0 Å². The largest absolute Gasteiger partial charge is 0.337 e. The summed E-state index contributed by atoms with van der Waals surface area (Å²) in [5.41, 5.74) is 4.51. The molecule has 0 aliphatic carbocycles. The van der Waals surface area contributed by atoms with Gasteiger partial charge in [0.1, 0.15) is 18.3 Å². The monoisotopic (exact) mass is 426 g/mol. The zero-order valence-electron chi connectivity index (χ0n) is 17.9. The SMILES string of the molecule is CCc1ccc(-c2noc(Cn3cnc4c(cnn4-c4ccc(CC)cc4)c3=O)n2)cc1. The minimum atomic E-state index is -0.210. The smallest absolute Gasteiger partial charge is 0.264 e. The van der Waals surface area contributed by atoms with E-state index in [2.05, 4.69) is 34.1 Å². The molecule has 3 heterocycles. The Balaban J connectivity index is 1.42. The summed E-state index contributed by atoms with van der Waals surface area (Å²) in [6, 6.07) is 16.1. The highest BCUT2D eigenvalue weighted by Crippen LogP contribution is 2.18. The molecule has 8 heteroatoms. The molecule has 2 aromatic carbocycles. The lowest BCUT2D eigenvalue weighted by Crippen LogP contribution is -2.21. The molecule has 0 atom stereocenters. The molecule has 160 valence electrons. The topological polar surface area (TPSA) is 91.6 Å². The lowest BCUT2D eigenvalue weighted by Gasteiger charge is -2.05. The first-order valence-corrected chi connectivity index (χ1v) is 10.6. The van der Waals surface area contributed by atoms with Gasteiger partial charge in [-0.15, -0.1) is 0 Å². The fourth-order valence-electron chi connectivity index (χ4n) is 3.59. The molecule has 0 bridgehead atoms. The van der Waals surface area contributed by atoms with Crippen molar-refractivity contribution in [2.24, 2.45) is 0 Å². The maximum absolute atomic E-state index is 13.0. The molecule has 3 aromatic heterocycles. The van der Waals surface area contributed by atoms with Crippen molar-refractivity contribution in [3.8, 4) is 17.1 Å².